The summed E-state index contributed by atoms with van der Waals surface area (Å²) < 4.78 is 20.1. The molecule has 124 valence electrons. The molecule has 1 saturated heterocycles. The van der Waals surface area contributed by atoms with Gasteiger partial charge in [0.2, 0.25) is 0 Å². The van der Waals surface area contributed by atoms with E-state index >= 15 is 0 Å². The van der Waals surface area contributed by atoms with Crippen molar-refractivity contribution in [3.63, 3.8) is 0 Å². The molecule has 3 rings (SSSR count). The molecular weight excluding hydrogens is 323 g/mol. The van der Waals surface area contributed by atoms with Crippen molar-refractivity contribution >= 4 is 23.0 Å². The number of hydrogen-bond acceptors (Lipinski definition) is 5. The number of halogens is 1. The zero-order valence-electron chi connectivity index (χ0n) is 12.2. The molecule has 2 aliphatic rings. The highest BCUT2D eigenvalue weighted by Crippen LogP contribution is 2.47. The summed E-state index contributed by atoms with van der Waals surface area (Å²) in [5.41, 5.74) is -0.517. The number of fused-ring (bicyclic) bond motifs is 1. The monoisotopic (exact) mass is 340 g/mol. The number of amides is 1. The molecule has 1 fully saturated rings. The number of aliphatic imine (C=N–C) groups is 1. The van der Waals surface area contributed by atoms with Crippen molar-refractivity contribution in [2.24, 2.45) is 10.9 Å². The minimum atomic E-state index is -1.20. The van der Waals surface area contributed by atoms with E-state index in [4.69, 9.17) is 9.84 Å². The highest BCUT2D eigenvalue weighted by molar-refractivity contribution is 8.13. The van der Waals surface area contributed by atoms with Crippen LogP contribution in [0.5, 0.6) is 0 Å². The lowest BCUT2D eigenvalue weighted by Gasteiger charge is -2.46. The topological polar surface area (TPSA) is 91.2 Å². The molecule has 0 radical (unpaired) electrons. The maximum absolute atomic E-state index is 14.4. The van der Waals surface area contributed by atoms with Crippen LogP contribution in [0, 0.1) is 11.7 Å². The fraction of sp³-hybridized carbons (Fsp3) is 0.467. The molecule has 23 heavy (non-hydrogen) atoms. The van der Waals surface area contributed by atoms with Gasteiger partial charge in [-0.3, -0.25) is 10.3 Å². The lowest BCUT2D eigenvalue weighted by molar-refractivity contribution is -0.0744. The van der Waals surface area contributed by atoms with E-state index < -0.39 is 17.7 Å². The van der Waals surface area contributed by atoms with Gasteiger partial charge < -0.3 is 14.9 Å². The number of nitrogens with zero attached hydrogens (tertiary/aromatic N) is 1. The second-order valence-electron chi connectivity index (χ2n) is 5.60. The van der Waals surface area contributed by atoms with Gasteiger partial charge in [-0.25, -0.2) is 9.18 Å². The van der Waals surface area contributed by atoms with Crippen molar-refractivity contribution in [1.82, 2.24) is 5.32 Å². The number of benzene rings is 1. The summed E-state index contributed by atoms with van der Waals surface area (Å²) in [5, 5.41) is 20.9. The first-order valence-corrected chi connectivity index (χ1v) is 8.24. The Morgan fingerprint density at radius 1 is 1.52 bits per heavy atom. The van der Waals surface area contributed by atoms with E-state index in [2.05, 4.69) is 10.3 Å². The number of thioether (sulfide) groups is 1. The van der Waals surface area contributed by atoms with Gasteiger partial charge in [0.1, 0.15) is 5.82 Å². The summed E-state index contributed by atoms with van der Waals surface area (Å²) in [6.45, 7) is 0.156. The van der Waals surface area contributed by atoms with E-state index in [9.17, 15) is 14.3 Å². The van der Waals surface area contributed by atoms with Gasteiger partial charge in [0, 0.05) is 23.7 Å². The highest BCUT2D eigenvalue weighted by Gasteiger charge is 2.49. The van der Waals surface area contributed by atoms with Crippen LogP contribution < -0.4 is 5.32 Å². The van der Waals surface area contributed by atoms with Crippen molar-refractivity contribution in [3.05, 3.63) is 35.6 Å². The number of nitrogens with one attached hydrogen (secondary N) is 1. The number of aliphatic hydroxyl groups is 1. The summed E-state index contributed by atoms with van der Waals surface area (Å²) in [7, 11) is 0. The zero-order valence-corrected chi connectivity index (χ0v) is 13.1. The third-order valence-electron chi connectivity index (χ3n) is 4.23. The van der Waals surface area contributed by atoms with Crippen LogP contribution in [0.4, 0.5) is 9.18 Å². The van der Waals surface area contributed by atoms with Gasteiger partial charge >= 0.3 is 6.09 Å². The molecule has 8 heteroatoms. The zero-order chi connectivity index (χ0) is 16.4. The van der Waals surface area contributed by atoms with Crippen LogP contribution in [0.2, 0.25) is 0 Å². The van der Waals surface area contributed by atoms with Gasteiger partial charge in [-0.15, -0.1) is 0 Å². The predicted octanol–water partition coefficient (Wildman–Crippen LogP) is 1.79. The molecule has 6 nitrogen and oxygen atoms in total. The Balaban J connectivity index is 2.09. The van der Waals surface area contributed by atoms with Crippen molar-refractivity contribution in [2.45, 2.75) is 18.1 Å². The Morgan fingerprint density at radius 2 is 2.30 bits per heavy atom. The second-order valence-corrected chi connectivity index (χ2v) is 6.61. The number of ether oxygens (including phenoxy) is 1. The molecule has 2 heterocycles. The molecule has 0 unspecified atom stereocenters. The molecule has 3 N–H and O–H groups in total. The molecule has 0 spiro atoms. The summed E-state index contributed by atoms with van der Waals surface area (Å²) in [6, 6.07) is 6.37. The van der Waals surface area contributed by atoms with Crippen LogP contribution in [0.15, 0.2) is 29.3 Å². The van der Waals surface area contributed by atoms with Crippen molar-refractivity contribution in [2.75, 3.05) is 19.0 Å². The average Bonchev–Trinajstić information content (AvgIpc) is 2.53. The van der Waals surface area contributed by atoms with Crippen LogP contribution >= 0.6 is 11.8 Å². The molecule has 0 aliphatic carbocycles. The number of carbonyl (C=O) groups is 1. The Labute approximate surface area is 136 Å². The van der Waals surface area contributed by atoms with Crippen molar-refractivity contribution < 1.29 is 24.1 Å². The number of carboxylic acid groups (broad SMARTS) is 1. The van der Waals surface area contributed by atoms with E-state index in [0.717, 1.165) is 0 Å². The van der Waals surface area contributed by atoms with Crippen LogP contribution in [0.3, 0.4) is 0 Å². The van der Waals surface area contributed by atoms with Gasteiger partial charge in [-0.05, 0) is 6.07 Å². The normalized spacial score (nSPS) is 30.3. The van der Waals surface area contributed by atoms with Gasteiger partial charge in [0.05, 0.1) is 24.9 Å². The quantitative estimate of drug-likeness (QED) is 0.763. The Bertz CT molecular complexity index is 642. The number of hydrogen-bond donors (Lipinski definition) is 3. The fourth-order valence-corrected chi connectivity index (χ4v) is 4.27. The summed E-state index contributed by atoms with van der Waals surface area (Å²) >= 11 is 1.28. The largest absolute Gasteiger partial charge is 0.465 e. The standard InChI is InChI=1S/C15H17FN2O4S/c16-12-4-2-1-3-11(12)15-5-10(6-19)22-7-9(15)8-23-13(18-15)17-14(20)21/h1-4,9-10,19H,5-8H2,(H,17,18)(H,20,21)/t9-,10+,15-/m0/s1. The SMILES string of the molecule is O=C(O)NC1=N[C@@]2(c3ccccc3F)C[C@H](CO)OC[C@H]2CS1. The molecule has 0 aromatic heterocycles. The van der Waals surface area contributed by atoms with Crippen LogP contribution in [-0.4, -0.2) is 46.5 Å². The van der Waals surface area contributed by atoms with Gasteiger partial charge in [-0.2, -0.15) is 0 Å². The maximum atomic E-state index is 14.4. The van der Waals surface area contributed by atoms with E-state index in [1.807, 2.05) is 0 Å². The fourth-order valence-electron chi connectivity index (χ4n) is 3.15. The van der Waals surface area contributed by atoms with Crippen LogP contribution in [0.25, 0.3) is 0 Å². The maximum Gasteiger partial charge on any atom is 0.410 e. The van der Waals surface area contributed by atoms with Gasteiger partial charge in [0.15, 0.2) is 5.17 Å². The summed E-state index contributed by atoms with van der Waals surface area (Å²) in [6.07, 6.45) is -1.35. The number of amidine groups is 1. The Morgan fingerprint density at radius 3 is 3.00 bits per heavy atom. The third kappa shape index (κ3) is 3.06. The second kappa shape index (κ2) is 6.46. The number of aliphatic hydroxyl groups excluding tert-OH is 1. The summed E-state index contributed by atoms with van der Waals surface area (Å²) in [4.78, 5) is 15.5. The van der Waals surface area contributed by atoms with Gasteiger partial charge in [0.25, 0.3) is 0 Å². The van der Waals surface area contributed by atoms with E-state index in [1.165, 1.54) is 17.8 Å². The number of rotatable bonds is 2. The molecule has 1 amide bonds. The predicted molar refractivity (Wildman–Crippen MR) is 84.1 cm³/mol. The minimum absolute atomic E-state index is 0.0912. The first-order valence-electron chi connectivity index (χ1n) is 7.25. The van der Waals surface area contributed by atoms with Crippen LogP contribution in [0.1, 0.15) is 12.0 Å². The van der Waals surface area contributed by atoms with Crippen molar-refractivity contribution in [3.8, 4) is 0 Å². The lowest BCUT2D eigenvalue weighted by atomic mass is 9.73. The lowest BCUT2D eigenvalue weighted by Crippen LogP contribution is -2.51. The molecule has 0 saturated carbocycles. The molecule has 1 aromatic rings. The molecule has 2 aliphatic heterocycles. The first kappa shape index (κ1) is 16.2. The molecule has 1 aromatic carbocycles. The van der Waals surface area contributed by atoms with Crippen molar-refractivity contribution in [1.29, 1.82) is 0 Å². The summed E-state index contributed by atoms with van der Waals surface area (Å²) in [5.74, 6) is 0.0824. The minimum Gasteiger partial charge on any atom is -0.465 e. The highest BCUT2D eigenvalue weighted by atomic mass is 32.2. The van der Waals surface area contributed by atoms with E-state index in [-0.39, 0.29) is 23.5 Å². The molecule has 3 atom stereocenters. The molecule has 0 bridgehead atoms. The Kier molecular flexibility index (Phi) is 4.56. The molecular formula is C15H17FN2O4S. The third-order valence-corrected chi connectivity index (χ3v) is 5.26. The Hall–Kier alpha value is -1.64. The van der Waals surface area contributed by atoms with Gasteiger partial charge in [-0.1, -0.05) is 30.0 Å². The van der Waals surface area contributed by atoms with E-state index in [0.29, 0.717) is 24.3 Å². The first-order chi connectivity index (χ1) is 11.0. The average molecular weight is 340 g/mol. The smallest absolute Gasteiger partial charge is 0.410 e. The van der Waals surface area contributed by atoms with E-state index in [1.54, 1.807) is 18.2 Å². The van der Waals surface area contributed by atoms with Crippen LogP contribution in [-0.2, 0) is 10.3 Å².